The van der Waals surface area contributed by atoms with Gasteiger partial charge in [-0.1, -0.05) is 18.2 Å². The SMILES string of the molecule is Cc1ccccc1OCCCCNCc1ccco1. The highest BCUT2D eigenvalue weighted by molar-refractivity contribution is 5.31. The van der Waals surface area contributed by atoms with Gasteiger partial charge in [0.25, 0.3) is 0 Å². The smallest absolute Gasteiger partial charge is 0.122 e. The van der Waals surface area contributed by atoms with Crippen LogP contribution in [0.1, 0.15) is 24.2 Å². The Balaban J connectivity index is 1.52. The lowest BCUT2D eigenvalue weighted by Gasteiger charge is -2.08. The molecule has 0 saturated heterocycles. The molecule has 19 heavy (non-hydrogen) atoms. The highest BCUT2D eigenvalue weighted by atomic mass is 16.5. The number of rotatable bonds is 8. The van der Waals surface area contributed by atoms with E-state index in [0.717, 1.165) is 44.0 Å². The summed E-state index contributed by atoms with van der Waals surface area (Å²) in [7, 11) is 0. The molecule has 0 aliphatic rings. The largest absolute Gasteiger partial charge is 0.493 e. The predicted octanol–water partition coefficient (Wildman–Crippen LogP) is 3.54. The van der Waals surface area contributed by atoms with Crippen molar-refractivity contribution >= 4 is 0 Å². The quantitative estimate of drug-likeness (QED) is 0.736. The Kier molecular flexibility index (Phi) is 5.50. The fourth-order valence-electron chi connectivity index (χ4n) is 1.88. The van der Waals surface area contributed by atoms with Gasteiger partial charge in [0.15, 0.2) is 0 Å². The summed E-state index contributed by atoms with van der Waals surface area (Å²) < 4.78 is 11.0. The van der Waals surface area contributed by atoms with Crippen molar-refractivity contribution in [2.24, 2.45) is 0 Å². The summed E-state index contributed by atoms with van der Waals surface area (Å²) in [5.74, 6) is 1.97. The minimum Gasteiger partial charge on any atom is -0.493 e. The summed E-state index contributed by atoms with van der Waals surface area (Å²) in [5.41, 5.74) is 1.19. The molecule has 0 atom stereocenters. The van der Waals surface area contributed by atoms with Crippen LogP contribution >= 0.6 is 0 Å². The molecule has 1 N–H and O–H groups in total. The first-order valence-corrected chi connectivity index (χ1v) is 6.78. The number of nitrogens with one attached hydrogen (secondary N) is 1. The van der Waals surface area contributed by atoms with Gasteiger partial charge in [-0.05, 0) is 50.1 Å². The number of benzene rings is 1. The second-order valence-electron chi connectivity index (χ2n) is 4.58. The number of unbranched alkanes of at least 4 members (excludes halogenated alkanes) is 1. The van der Waals surface area contributed by atoms with Crippen LogP contribution in [-0.4, -0.2) is 13.2 Å². The molecule has 0 bridgehead atoms. The molecule has 102 valence electrons. The van der Waals surface area contributed by atoms with Gasteiger partial charge in [-0.3, -0.25) is 0 Å². The van der Waals surface area contributed by atoms with Crippen LogP contribution in [-0.2, 0) is 6.54 Å². The van der Waals surface area contributed by atoms with Crippen molar-refractivity contribution in [2.45, 2.75) is 26.3 Å². The van der Waals surface area contributed by atoms with Crippen LogP contribution in [0.4, 0.5) is 0 Å². The van der Waals surface area contributed by atoms with Crippen molar-refractivity contribution in [3.63, 3.8) is 0 Å². The highest BCUT2D eigenvalue weighted by Crippen LogP contribution is 2.16. The van der Waals surface area contributed by atoms with E-state index < -0.39 is 0 Å². The van der Waals surface area contributed by atoms with Crippen LogP contribution in [0.25, 0.3) is 0 Å². The lowest BCUT2D eigenvalue weighted by Crippen LogP contribution is -2.15. The zero-order valence-electron chi connectivity index (χ0n) is 11.4. The number of ether oxygens (including phenoxy) is 1. The molecule has 0 aliphatic carbocycles. The lowest BCUT2D eigenvalue weighted by atomic mass is 10.2. The second kappa shape index (κ2) is 7.64. The summed E-state index contributed by atoms with van der Waals surface area (Å²) in [6, 6.07) is 12.0. The number of furan rings is 1. The molecular formula is C16H21NO2. The Bertz CT molecular complexity index is 465. The summed E-state index contributed by atoms with van der Waals surface area (Å²) in [4.78, 5) is 0. The van der Waals surface area contributed by atoms with E-state index in [-0.39, 0.29) is 0 Å². The Morgan fingerprint density at radius 2 is 2.00 bits per heavy atom. The van der Waals surface area contributed by atoms with E-state index in [9.17, 15) is 0 Å². The van der Waals surface area contributed by atoms with Gasteiger partial charge in [-0.15, -0.1) is 0 Å². The molecule has 0 amide bonds. The van der Waals surface area contributed by atoms with Crippen molar-refractivity contribution in [1.82, 2.24) is 5.32 Å². The van der Waals surface area contributed by atoms with E-state index in [2.05, 4.69) is 18.3 Å². The van der Waals surface area contributed by atoms with Gasteiger partial charge in [0.1, 0.15) is 11.5 Å². The Hall–Kier alpha value is -1.74. The first-order chi connectivity index (χ1) is 9.36. The lowest BCUT2D eigenvalue weighted by molar-refractivity contribution is 0.303. The van der Waals surface area contributed by atoms with E-state index >= 15 is 0 Å². The van der Waals surface area contributed by atoms with Gasteiger partial charge in [-0.2, -0.15) is 0 Å². The van der Waals surface area contributed by atoms with Crippen LogP contribution < -0.4 is 10.1 Å². The molecule has 0 saturated carbocycles. The fourth-order valence-corrected chi connectivity index (χ4v) is 1.88. The minimum atomic E-state index is 0.771. The average molecular weight is 259 g/mol. The minimum absolute atomic E-state index is 0.771. The van der Waals surface area contributed by atoms with Crippen molar-refractivity contribution in [3.05, 3.63) is 54.0 Å². The van der Waals surface area contributed by atoms with Crippen LogP contribution in [0.15, 0.2) is 47.1 Å². The molecule has 1 aromatic carbocycles. The van der Waals surface area contributed by atoms with Crippen molar-refractivity contribution in [3.8, 4) is 5.75 Å². The Morgan fingerprint density at radius 3 is 2.79 bits per heavy atom. The van der Waals surface area contributed by atoms with Gasteiger partial charge in [0, 0.05) is 0 Å². The standard InChI is InChI=1S/C16H21NO2/c1-14-7-2-3-9-16(14)19-11-5-4-10-17-13-15-8-6-12-18-15/h2-3,6-9,12,17H,4-5,10-11,13H2,1H3. The molecule has 0 radical (unpaired) electrons. The van der Waals surface area contributed by atoms with E-state index in [1.807, 2.05) is 30.3 Å². The number of hydrogen-bond donors (Lipinski definition) is 1. The van der Waals surface area contributed by atoms with Crippen LogP contribution in [0.2, 0.25) is 0 Å². The van der Waals surface area contributed by atoms with Crippen LogP contribution in [0.3, 0.4) is 0 Å². The summed E-state index contributed by atoms with van der Waals surface area (Å²) >= 11 is 0. The molecule has 2 rings (SSSR count). The van der Waals surface area contributed by atoms with Crippen molar-refractivity contribution in [1.29, 1.82) is 0 Å². The van der Waals surface area contributed by atoms with Gasteiger partial charge in [-0.25, -0.2) is 0 Å². The molecule has 1 aromatic heterocycles. The Labute approximate surface area is 114 Å². The summed E-state index contributed by atoms with van der Waals surface area (Å²) in [6.07, 6.45) is 3.86. The van der Waals surface area contributed by atoms with E-state index in [4.69, 9.17) is 9.15 Å². The van der Waals surface area contributed by atoms with E-state index in [0.29, 0.717) is 0 Å². The molecular weight excluding hydrogens is 238 g/mol. The van der Waals surface area contributed by atoms with Crippen LogP contribution in [0, 0.1) is 6.92 Å². The van der Waals surface area contributed by atoms with Gasteiger partial charge in [0.2, 0.25) is 0 Å². The monoisotopic (exact) mass is 259 g/mol. The number of aryl methyl sites for hydroxylation is 1. The third-order valence-electron chi connectivity index (χ3n) is 2.98. The highest BCUT2D eigenvalue weighted by Gasteiger charge is 1.98. The summed E-state index contributed by atoms with van der Waals surface area (Å²) in [5, 5.41) is 3.35. The first-order valence-electron chi connectivity index (χ1n) is 6.78. The maximum absolute atomic E-state index is 5.74. The Morgan fingerprint density at radius 1 is 1.11 bits per heavy atom. The maximum atomic E-state index is 5.74. The van der Waals surface area contributed by atoms with Crippen molar-refractivity contribution in [2.75, 3.05) is 13.2 Å². The number of para-hydroxylation sites is 1. The third-order valence-corrected chi connectivity index (χ3v) is 2.98. The zero-order chi connectivity index (χ0) is 13.3. The molecule has 0 unspecified atom stereocenters. The molecule has 0 aliphatic heterocycles. The van der Waals surface area contributed by atoms with Gasteiger partial charge in [0.05, 0.1) is 19.4 Å². The summed E-state index contributed by atoms with van der Waals surface area (Å²) in [6.45, 7) is 4.62. The zero-order valence-corrected chi connectivity index (χ0v) is 11.4. The second-order valence-corrected chi connectivity index (χ2v) is 4.58. The van der Waals surface area contributed by atoms with Crippen LogP contribution in [0.5, 0.6) is 5.75 Å². The van der Waals surface area contributed by atoms with Crippen molar-refractivity contribution < 1.29 is 9.15 Å². The molecule has 3 heteroatoms. The molecule has 2 aromatic rings. The van der Waals surface area contributed by atoms with Gasteiger partial charge < -0.3 is 14.5 Å². The number of hydrogen-bond acceptors (Lipinski definition) is 3. The van der Waals surface area contributed by atoms with Gasteiger partial charge >= 0.3 is 0 Å². The predicted molar refractivity (Wildman–Crippen MR) is 76.3 cm³/mol. The molecule has 0 fully saturated rings. The molecule has 0 spiro atoms. The average Bonchev–Trinajstić information content (AvgIpc) is 2.93. The topological polar surface area (TPSA) is 34.4 Å². The van der Waals surface area contributed by atoms with E-state index in [1.165, 1.54) is 5.56 Å². The van der Waals surface area contributed by atoms with E-state index in [1.54, 1.807) is 6.26 Å². The molecule has 3 nitrogen and oxygen atoms in total. The fraction of sp³-hybridized carbons (Fsp3) is 0.375. The first kappa shape index (κ1) is 13.7. The third kappa shape index (κ3) is 4.79. The maximum Gasteiger partial charge on any atom is 0.122 e. The molecule has 1 heterocycles. The normalized spacial score (nSPS) is 10.6.